The number of rotatable bonds is 11. The molecule has 2 heterocycles. The third-order valence-corrected chi connectivity index (χ3v) is 8.35. The third kappa shape index (κ3) is 7.52. The summed E-state index contributed by atoms with van der Waals surface area (Å²) in [6.07, 6.45) is 3.88. The number of fused-ring (bicyclic) bond motifs is 1. The van der Waals surface area contributed by atoms with E-state index >= 15 is 4.39 Å². The van der Waals surface area contributed by atoms with Crippen molar-refractivity contribution in [2.45, 2.75) is 96.6 Å². The molecule has 46 heavy (non-hydrogen) atoms. The summed E-state index contributed by atoms with van der Waals surface area (Å²) in [6.45, 7) is 7.82. The fourth-order valence-corrected chi connectivity index (χ4v) is 6.03. The number of carbonyl (C=O) groups excluding carboxylic acids is 2. The minimum Gasteiger partial charge on any atom is -0.497 e. The quantitative estimate of drug-likeness (QED) is 0.215. The molecule has 0 spiro atoms. The van der Waals surface area contributed by atoms with Crippen LogP contribution in [0.15, 0.2) is 41.3 Å². The molecule has 2 aromatic carbocycles. The van der Waals surface area contributed by atoms with E-state index in [2.05, 4.69) is 0 Å². The van der Waals surface area contributed by atoms with Crippen molar-refractivity contribution in [3.63, 3.8) is 0 Å². The van der Waals surface area contributed by atoms with Gasteiger partial charge >= 0.3 is 12.1 Å². The molecular weight excluding hydrogens is 598 g/mol. The first-order chi connectivity index (χ1) is 21.9. The zero-order valence-corrected chi connectivity index (χ0v) is 27.1. The van der Waals surface area contributed by atoms with Gasteiger partial charge < -0.3 is 28.4 Å². The molecule has 1 amide bonds. The van der Waals surface area contributed by atoms with Crippen LogP contribution in [0.1, 0.15) is 87.3 Å². The second-order valence-corrected chi connectivity index (χ2v) is 13.0. The highest BCUT2D eigenvalue weighted by atomic mass is 19.2. The lowest BCUT2D eigenvalue weighted by molar-refractivity contribution is 0.0145. The van der Waals surface area contributed by atoms with Gasteiger partial charge in [0.2, 0.25) is 5.43 Å². The van der Waals surface area contributed by atoms with Crippen molar-refractivity contribution in [1.29, 1.82) is 0 Å². The Morgan fingerprint density at radius 1 is 1.09 bits per heavy atom. The average Bonchev–Trinajstić information content (AvgIpc) is 3.77. The summed E-state index contributed by atoms with van der Waals surface area (Å²) >= 11 is 0. The Balaban J connectivity index is 1.37. The Labute approximate surface area is 267 Å². The molecule has 11 heteroatoms. The van der Waals surface area contributed by atoms with Crippen LogP contribution >= 0.6 is 0 Å². The summed E-state index contributed by atoms with van der Waals surface area (Å²) in [5.74, 6) is -2.20. The van der Waals surface area contributed by atoms with Gasteiger partial charge in [-0.25, -0.2) is 18.4 Å². The minimum atomic E-state index is -1.15. The van der Waals surface area contributed by atoms with E-state index in [1.54, 1.807) is 44.3 Å². The fraction of sp³-hybridized carbons (Fsp3) is 0.514. The number of halogens is 2. The predicted octanol–water partition coefficient (Wildman–Crippen LogP) is 6.72. The summed E-state index contributed by atoms with van der Waals surface area (Å²) in [7, 11) is 1.61. The van der Waals surface area contributed by atoms with Crippen LogP contribution < -0.4 is 10.2 Å². The Bertz CT molecular complexity index is 1640. The highest BCUT2D eigenvalue weighted by Crippen LogP contribution is 2.39. The second kappa shape index (κ2) is 13.8. The van der Waals surface area contributed by atoms with Crippen LogP contribution in [-0.2, 0) is 27.2 Å². The lowest BCUT2D eigenvalue weighted by atomic mass is 9.98. The molecule has 9 nitrogen and oxygen atoms in total. The zero-order chi connectivity index (χ0) is 33.2. The average molecular weight is 641 g/mol. The van der Waals surface area contributed by atoms with E-state index in [0.717, 1.165) is 30.2 Å². The Kier molecular flexibility index (Phi) is 10.0. The molecule has 0 bridgehead atoms. The molecular formula is C35H42F2N2O7. The summed E-state index contributed by atoms with van der Waals surface area (Å²) in [5.41, 5.74) is -0.220. The smallest absolute Gasteiger partial charge is 0.410 e. The highest BCUT2D eigenvalue weighted by Gasteiger charge is 2.38. The van der Waals surface area contributed by atoms with Gasteiger partial charge in [0, 0.05) is 29.2 Å². The first-order valence-corrected chi connectivity index (χ1v) is 15.9. The van der Waals surface area contributed by atoms with Crippen LogP contribution in [0.3, 0.4) is 0 Å². The van der Waals surface area contributed by atoms with Gasteiger partial charge in [0.1, 0.15) is 16.9 Å². The van der Waals surface area contributed by atoms with E-state index in [1.807, 2.05) is 24.3 Å². The van der Waals surface area contributed by atoms with Gasteiger partial charge in [-0.2, -0.15) is 0 Å². The van der Waals surface area contributed by atoms with E-state index in [1.165, 1.54) is 6.20 Å². The zero-order valence-electron chi connectivity index (χ0n) is 27.1. The number of ether oxygens (including phenoxy) is 4. The minimum absolute atomic E-state index is 0.0269. The molecule has 1 saturated carbocycles. The van der Waals surface area contributed by atoms with Crippen molar-refractivity contribution in [2.24, 2.45) is 0 Å². The maximum absolute atomic E-state index is 15.5. The summed E-state index contributed by atoms with van der Waals surface area (Å²) in [6, 6.07) is 8.17. The fourth-order valence-electron chi connectivity index (χ4n) is 6.03. The summed E-state index contributed by atoms with van der Waals surface area (Å²) in [4.78, 5) is 40.7. The van der Waals surface area contributed by atoms with Gasteiger partial charge in [-0.15, -0.1) is 0 Å². The van der Waals surface area contributed by atoms with E-state index in [-0.39, 0.29) is 47.7 Å². The van der Waals surface area contributed by atoms with E-state index in [0.29, 0.717) is 37.9 Å². The number of carbonyl (C=O) groups is 2. The molecule has 248 valence electrons. The van der Waals surface area contributed by atoms with Crippen molar-refractivity contribution in [1.82, 2.24) is 9.47 Å². The van der Waals surface area contributed by atoms with Gasteiger partial charge in [-0.3, -0.25) is 4.79 Å². The number of nitrogens with zero attached hydrogens (tertiary/aromatic N) is 2. The Hall–Kier alpha value is -3.99. The van der Waals surface area contributed by atoms with Crippen molar-refractivity contribution < 1.29 is 37.3 Å². The largest absolute Gasteiger partial charge is 0.497 e. The van der Waals surface area contributed by atoms with Crippen molar-refractivity contribution >= 4 is 23.0 Å². The van der Waals surface area contributed by atoms with Crippen LogP contribution in [0, 0.1) is 11.6 Å². The molecule has 2 aliphatic rings. The van der Waals surface area contributed by atoms with Crippen molar-refractivity contribution in [3.05, 3.63) is 75.1 Å². The molecule has 1 aliphatic carbocycles. The van der Waals surface area contributed by atoms with Crippen LogP contribution in [0.25, 0.3) is 10.9 Å². The summed E-state index contributed by atoms with van der Waals surface area (Å²) < 4.78 is 54.3. The number of hydrogen-bond acceptors (Lipinski definition) is 7. The maximum Gasteiger partial charge on any atom is 0.410 e. The Morgan fingerprint density at radius 2 is 1.80 bits per heavy atom. The SMILES string of the molecule is CCOC(=O)c1cn(C2CC2)c2c(CCC[C@@H]3C[C@@H](OCc4ccc(OC)cc4)CN3C(=O)OC(C)(C)C)c(F)c(F)cc2c1=O. The third-order valence-electron chi connectivity index (χ3n) is 8.35. The number of benzene rings is 2. The van der Waals surface area contributed by atoms with Crippen LogP contribution in [-0.4, -0.2) is 59.5 Å². The van der Waals surface area contributed by atoms with Gasteiger partial charge in [0.15, 0.2) is 11.6 Å². The molecule has 3 aromatic rings. The molecule has 1 aromatic heterocycles. The van der Waals surface area contributed by atoms with Gasteiger partial charge in [-0.05, 0) is 90.0 Å². The number of aromatic nitrogens is 1. The van der Waals surface area contributed by atoms with Gasteiger partial charge in [0.25, 0.3) is 0 Å². The van der Waals surface area contributed by atoms with Crippen molar-refractivity contribution in [2.75, 3.05) is 20.3 Å². The van der Waals surface area contributed by atoms with Crippen LogP contribution in [0.5, 0.6) is 5.75 Å². The van der Waals surface area contributed by atoms with Crippen LogP contribution in [0.4, 0.5) is 13.6 Å². The molecule has 2 fully saturated rings. The number of likely N-dealkylation sites (tertiary alicyclic amines) is 1. The molecule has 0 radical (unpaired) electrons. The first kappa shape index (κ1) is 33.4. The van der Waals surface area contributed by atoms with E-state index < -0.39 is 34.7 Å². The first-order valence-electron chi connectivity index (χ1n) is 15.9. The molecule has 2 atom stereocenters. The number of esters is 1. The van der Waals surface area contributed by atoms with Gasteiger partial charge in [-0.1, -0.05) is 12.1 Å². The maximum atomic E-state index is 15.5. The van der Waals surface area contributed by atoms with E-state index in [4.69, 9.17) is 18.9 Å². The molecule has 0 N–H and O–H groups in total. The lowest BCUT2D eigenvalue weighted by Gasteiger charge is -2.28. The molecule has 1 saturated heterocycles. The molecule has 1 aliphatic heterocycles. The van der Waals surface area contributed by atoms with E-state index in [9.17, 15) is 18.8 Å². The summed E-state index contributed by atoms with van der Waals surface area (Å²) in [5, 5.41) is -0.0467. The number of methoxy groups -OCH3 is 1. The Morgan fingerprint density at radius 3 is 2.43 bits per heavy atom. The molecule has 0 unspecified atom stereocenters. The predicted molar refractivity (Wildman–Crippen MR) is 168 cm³/mol. The second-order valence-electron chi connectivity index (χ2n) is 13.0. The lowest BCUT2D eigenvalue weighted by Crippen LogP contribution is -2.40. The number of hydrogen-bond donors (Lipinski definition) is 0. The number of aryl methyl sites for hydroxylation is 1. The van der Waals surface area contributed by atoms with Crippen LogP contribution in [0.2, 0.25) is 0 Å². The number of amides is 1. The number of pyridine rings is 1. The highest BCUT2D eigenvalue weighted by molar-refractivity contribution is 5.94. The van der Waals surface area contributed by atoms with Crippen molar-refractivity contribution in [3.8, 4) is 5.75 Å². The topological polar surface area (TPSA) is 96.3 Å². The van der Waals surface area contributed by atoms with Gasteiger partial charge in [0.05, 0.1) is 38.5 Å². The monoisotopic (exact) mass is 640 g/mol. The normalized spacial score (nSPS) is 18.2. The molecule has 5 rings (SSSR count). The standard InChI is InChI=1S/C35H42F2N2O7/c1-6-44-33(41)28-19-38(22-12-13-22)31-26(30(37)29(36)17-27(31)32(28)40)9-7-8-23-16-25(18-39(23)34(42)46-35(2,3)4)45-20-21-10-14-24(43-5)15-11-21/h10-11,14-15,17,19,22-23,25H,6-9,12-13,16,18,20H2,1-5H3/t23-,25-/m1/s1.